The molecule has 0 N–H and O–H groups in total. The van der Waals surface area contributed by atoms with Crippen molar-refractivity contribution in [3.63, 3.8) is 0 Å². The molecule has 34 heavy (non-hydrogen) atoms. The Morgan fingerprint density at radius 1 is 0.912 bits per heavy atom. The zero-order valence-electron chi connectivity index (χ0n) is 18.6. The van der Waals surface area contributed by atoms with E-state index in [4.69, 9.17) is 35.3 Å². The number of ether oxygens (including phenoxy) is 5. The van der Waals surface area contributed by atoms with Crippen LogP contribution in [0.4, 0.5) is 0 Å². The molecule has 0 unspecified atom stereocenters. The fraction of sp³-hybridized carbons (Fsp3) is 0.154. The van der Waals surface area contributed by atoms with Gasteiger partial charge in [0, 0.05) is 11.6 Å². The van der Waals surface area contributed by atoms with Crippen molar-refractivity contribution in [1.29, 1.82) is 0 Å². The topological polar surface area (TPSA) is 75.6 Å². The van der Waals surface area contributed by atoms with Crippen molar-refractivity contribution >= 4 is 29.5 Å². The Morgan fingerprint density at radius 3 is 2.44 bits per heavy atom. The average molecular weight is 480 g/mol. The number of hydrogen-bond donors (Lipinski definition) is 0. The number of esters is 1. The van der Waals surface area contributed by atoms with Crippen LogP contribution in [0.1, 0.15) is 11.1 Å². The van der Waals surface area contributed by atoms with E-state index >= 15 is 0 Å². The quantitative estimate of drug-likeness (QED) is 0.240. The van der Waals surface area contributed by atoms with Crippen molar-refractivity contribution in [3.05, 3.63) is 88.6 Å². The Hall–Kier alpha value is -3.97. The van der Waals surface area contributed by atoms with Gasteiger partial charge in [-0.25, -0.2) is 9.79 Å². The van der Waals surface area contributed by atoms with Gasteiger partial charge in [0.15, 0.2) is 17.2 Å². The predicted molar refractivity (Wildman–Crippen MR) is 129 cm³/mol. The van der Waals surface area contributed by atoms with Gasteiger partial charge in [-0.1, -0.05) is 35.9 Å². The van der Waals surface area contributed by atoms with E-state index in [1.54, 1.807) is 31.4 Å². The summed E-state index contributed by atoms with van der Waals surface area (Å²) in [6.45, 7) is 0.534. The number of halogens is 1. The van der Waals surface area contributed by atoms with Crippen molar-refractivity contribution < 1.29 is 28.5 Å². The monoisotopic (exact) mass is 479 g/mol. The molecular weight excluding hydrogens is 458 g/mol. The van der Waals surface area contributed by atoms with Crippen molar-refractivity contribution in [2.24, 2.45) is 4.99 Å². The van der Waals surface area contributed by atoms with Crippen LogP contribution in [-0.2, 0) is 9.53 Å². The van der Waals surface area contributed by atoms with Crippen LogP contribution in [0.3, 0.4) is 0 Å². The van der Waals surface area contributed by atoms with Crippen LogP contribution < -0.4 is 18.9 Å². The summed E-state index contributed by atoms with van der Waals surface area (Å²) >= 11 is 6.45. The zero-order chi connectivity index (χ0) is 23.9. The second-order valence-electron chi connectivity index (χ2n) is 7.11. The standard InChI is InChI=1S/C26H22ClNO6/c1-30-19-9-6-10-20(16-19)32-11-12-33-24-21(27)13-17(15-23(24)31-2)14-22-26(29)34-25(28-22)18-7-4-3-5-8-18/h3-10,13-16H,11-12H2,1-2H3/b22-14+. The summed E-state index contributed by atoms with van der Waals surface area (Å²) in [6, 6.07) is 19.9. The van der Waals surface area contributed by atoms with Crippen LogP contribution in [-0.4, -0.2) is 39.3 Å². The summed E-state index contributed by atoms with van der Waals surface area (Å²) in [7, 11) is 3.11. The molecule has 3 aromatic carbocycles. The summed E-state index contributed by atoms with van der Waals surface area (Å²) in [5.41, 5.74) is 1.50. The van der Waals surface area contributed by atoms with E-state index < -0.39 is 5.97 Å². The molecule has 0 saturated heterocycles. The lowest BCUT2D eigenvalue weighted by molar-refractivity contribution is -0.129. The van der Waals surface area contributed by atoms with Crippen molar-refractivity contribution in [2.45, 2.75) is 0 Å². The molecule has 0 aliphatic carbocycles. The first-order chi connectivity index (χ1) is 16.6. The third-order valence-corrected chi connectivity index (χ3v) is 5.12. The zero-order valence-corrected chi connectivity index (χ0v) is 19.4. The fourth-order valence-corrected chi connectivity index (χ4v) is 3.50. The van der Waals surface area contributed by atoms with E-state index in [9.17, 15) is 4.79 Å². The number of benzene rings is 3. The molecule has 7 nitrogen and oxygen atoms in total. The Bertz CT molecular complexity index is 1240. The SMILES string of the molecule is COc1cccc(OCCOc2c(Cl)cc(/C=C3/N=C(c4ccccc4)OC3=O)cc2OC)c1. The van der Waals surface area contributed by atoms with E-state index in [0.717, 1.165) is 5.56 Å². The van der Waals surface area contributed by atoms with Crippen LogP contribution in [0, 0.1) is 0 Å². The number of carbonyl (C=O) groups is 1. The number of nitrogens with zero attached hydrogens (tertiary/aromatic N) is 1. The second kappa shape index (κ2) is 10.8. The molecular formula is C26H22ClNO6. The minimum absolute atomic E-state index is 0.164. The van der Waals surface area contributed by atoms with Crippen LogP contribution >= 0.6 is 11.6 Å². The second-order valence-corrected chi connectivity index (χ2v) is 7.52. The molecule has 4 rings (SSSR count). The molecule has 0 bridgehead atoms. The molecule has 0 fully saturated rings. The van der Waals surface area contributed by atoms with Crippen LogP contribution in [0.2, 0.25) is 5.02 Å². The minimum Gasteiger partial charge on any atom is -0.497 e. The highest BCUT2D eigenvalue weighted by molar-refractivity contribution is 6.32. The van der Waals surface area contributed by atoms with Gasteiger partial charge in [-0.3, -0.25) is 0 Å². The molecule has 0 saturated carbocycles. The number of rotatable bonds is 9. The van der Waals surface area contributed by atoms with Gasteiger partial charge in [-0.05, 0) is 48.0 Å². The summed E-state index contributed by atoms with van der Waals surface area (Å²) in [4.78, 5) is 16.6. The number of hydrogen-bond acceptors (Lipinski definition) is 7. The Balaban J connectivity index is 1.45. The van der Waals surface area contributed by atoms with Crippen LogP contribution in [0.15, 0.2) is 77.4 Å². The Labute approximate surface area is 202 Å². The van der Waals surface area contributed by atoms with Crippen molar-refractivity contribution in [3.8, 4) is 23.0 Å². The number of carbonyl (C=O) groups excluding carboxylic acids is 1. The van der Waals surface area contributed by atoms with Crippen molar-refractivity contribution in [1.82, 2.24) is 0 Å². The Kier molecular flexibility index (Phi) is 7.34. The van der Waals surface area contributed by atoms with Gasteiger partial charge >= 0.3 is 5.97 Å². The van der Waals surface area contributed by atoms with Crippen LogP contribution in [0.5, 0.6) is 23.0 Å². The van der Waals surface area contributed by atoms with Gasteiger partial charge in [0.2, 0.25) is 5.90 Å². The molecule has 0 aromatic heterocycles. The third-order valence-electron chi connectivity index (χ3n) is 4.84. The van der Waals surface area contributed by atoms with Gasteiger partial charge in [-0.15, -0.1) is 0 Å². The minimum atomic E-state index is -0.538. The first kappa shape index (κ1) is 23.2. The van der Waals surface area contributed by atoms with Gasteiger partial charge in [-0.2, -0.15) is 0 Å². The lowest BCUT2D eigenvalue weighted by Crippen LogP contribution is -2.10. The lowest BCUT2D eigenvalue weighted by Gasteiger charge is -2.14. The van der Waals surface area contributed by atoms with Gasteiger partial charge in [0.05, 0.1) is 19.2 Å². The molecule has 8 heteroatoms. The number of aliphatic imine (C=N–C) groups is 1. The highest BCUT2D eigenvalue weighted by Crippen LogP contribution is 2.37. The molecule has 0 radical (unpaired) electrons. The van der Waals surface area contributed by atoms with Crippen LogP contribution in [0.25, 0.3) is 6.08 Å². The molecule has 1 aliphatic rings. The van der Waals surface area contributed by atoms with Gasteiger partial charge in [0.25, 0.3) is 0 Å². The van der Waals surface area contributed by atoms with Gasteiger partial charge in [0.1, 0.15) is 24.7 Å². The first-order valence-electron chi connectivity index (χ1n) is 10.4. The van der Waals surface area contributed by atoms with E-state index in [1.165, 1.54) is 7.11 Å². The van der Waals surface area contributed by atoms with E-state index in [0.29, 0.717) is 40.2 Å². The maximum atomic E-state index is 12.3. The lowest BCUT2D eigenvalue weighted by atomic mass is 10.1. The summed E-state index contributed by atoms with van der Waals surface area (Å²) in [5.74, 6) is 1.89. The highest BCUT2D eigenvalue weighted by atomic mass is 35.5. The molecule has 0 amide bonds. The average Bonchev–Trinajstić information content (AvgIpc) is 3.23. The molecule has 3 aromatic rings. The van der Waals surface area contributed by atoms with E-state index in [-0.39, 0.29) is 18.2 Å². The maximum absolute atomic E-state index is 12.3. The van der Waals surface area contributed by atoms with Crippen molar-refractivity contribution in [2.75, 3.05) is 27.4 Å². The van der Waals surface area contributed by atoms with E-state index in [1.807, 2.05) is 48.5 Å². The van der Waals surface area contributed by atoms with E-state index in [2.05, 4.69) is 4.99 Å². The summed E-state index contributed by atoms with van der Waals surface area (Å²) in [6.07, 6.45) is 1.59. The fourth-order valence-electron chi connectivity index (χ4n) is 3.23. The summed E-state index contributed by atoms with van der Waals surface area (Å²) < 4.78 is 27.4. The Morgan fingerprint density at radius 2 is 1.68 bits per heavy atom. The maximum Gasteiger partial charge on any atom is 0.363 e. The highest BCUT2D eigenvalue weighted by Gasteiger charge is 2.24. The predicted octanol–water partition coefficient (Wildman–Crippen LogP) is 5.16. The smallest absolute Gasteiger partial charge is 0.363 e. The number of cyclic esters (lactones) is 1. The largest absolute Gasteiger partial charge is 0.497 e. The first-order valence-corrected chi connectivity index (χ1v) is 10.8. The molecule has 174 valence electrons. The number of methoxy groups -OCH3 is 2. The molecule has 0 spiro atoms. The third kappa shape index (κ3) is 5.50. The molecule has 1 aliphatic heterocycles. The summed E-state index contributed by atoms with van der Waals surface area (Å²) in [5, 5.41) is 0.325. The normalized spacial score (nSPS) is 13.9. The van der Waals surface area contributed by atoms with Gasteiger partial charge < -0.3 is 23.7 Å². The molecule has 1 heterocycles. The molecule has 0 atom stereocenters.